The largest absolute Gasteiger partial charge is 0.341 e. The van der Waals surface area contributed by atoms with Gasteiger partial charge in [0.1, 0.15) is 5.37 Å². The number of hydrogen-bond acceptors (Lipinski definition) is 9. The molecule has 0 bridgehead atoms. The van der Waals surface area contributed by atoms with Crippen molar-refractivity contribution in [3.8, 4) is 0 Å². The van der Waals surface area contributed by atoms with E-state index in [4.69, 9.17) is 16.5 Å². The second-order valence-electron chi connectivity index (χ2n) is 10.3. The van der Waals surface area contributed by atoms with Crippen molar-refractivity contribution in [2.45, 2.75) is 56.1 Å². The van der Waals surface area contributed by atoms with Gasteiger partial charge in [0.2, 0.25) is 5.95 Å². The Morgan fingerprint density at radius 1 is 1.25 bits per heavy atom. The number of nitrogens with two attached hydrogens (primary N) is 2. The minimum absolute atomic E-state index is 0.0208. The van der Waals surface area contributed by atoms with E-state index in [0.717, 1.165) is 29.1 Å². The molecule has 0 amide bonds. The zero-order valence-corrected chi connectivity index (χ0v) is 23.7. The van der Waals surface area contributed by atoms with Gasteiger partial charge in [0.25, 0.3) is 5.56 Å². The predicted molar refractivity (Wildman–Crippen MR) is 154 cm³/mol. The number of aryl methyl sites for hydroxylation is 1. The number of anilines is 1. The standard InChI is InChI=1S/C27H35N7O5S/c1-5-22(29)40(38,39)20-10-6-8-18(14-20)21(35)16-34-25(36)23-24(31(4)27(34)37)30-26(33(23)13-11-17(2)3)32-12-7-9-19(28)15-32/h5-6,8,10-11,14,19,22H,1,7,9,12-13,15-16,28-29H2,2-4H3. The number of carbonyl (C=O) groups excluding carboxylic acids is 1. The number of carbonyl (C=O) groups is 1. The van der Waals surface area contributed by atoms with E-state index in [2.05, 4.69) is 6.58 Å². The minimum Gasteiger partial charge on any atom is -0.341 e. The topological polar surface area (TPSA) is 168 Å². The average Bonchev–Trinajstić information content (AvgIpc) is 3.32. The number of hydrogen-bond donors (Lipinski definition) is 2. The molecule has 40 heavy (non-hydrogen) atoms. The predicted octanol–water partition coefficient (Wildman–Crippen LogP) is 0.918. The third-order valence-corrected chi connectivity index (χ3v) is 8.83. The summed E-state index contributed by atoms with van der Waals surface area (Å²) in [6.07, 6.45) is 4.80. The van der Waals surface area contributed by atoms with Crippen molar-refractivity contribution in [2.75, 3.05) is 18.0 Å². The van der Waals surface area contributed by atoms with Gasteiger partial charge in [0.15, 0.2) is 26.8 Å². The lowest BCUT2D eigenvalue weighted by molar-refractivity contribution is 0.0968. The molecule has 2 aromatic heterocycles. The summed E-state index contributed by atoms with van der Waals surface area (Å²) in [4.78, 5) is 46.9. The van der Waals surface area contributed by atoms with Gasteiger partial charge in [-0.1, -0.05) is 29.9 Å². The first kappa shape index (κ1) is 29.2. The lowest BCUT2D eigenvalue weighted by Crippen LogP contribution is -2.44. The average molecular weight is 570 g/mol. The second-order valence-corrected chi connectivity index (χ2v) is 12.4. The number of rotatable bonds is 9. The van der Waals surface area contributed by atoms with Crippen LogP contribution in [0, 0.1) is 0 Å². The maximum absolute atomic E-state index is 13.8. The molecule has 3 heterocycles. The summed E-state index contributed by atoms with van der Waals surface area (Å²) < 4.78 is 29.2. The van der Waals surface area contributed by atoms with Gasteiger partial charge >= 0.3 is 5.69 Å². The molecule has 2 unspecified atom stereocenters. The Hall–Kier alpha value is -3.81. The van der Waals surface area contributed by atoms with Crippen molar-refractivity contribution in [3.05, 3.63) is 75.0 Å². The van der Waals surface area contributed by atoms with Crippen LogP contribution in [0.15, 0.2) is 63.1 Å². The first-order valence-electron chi connectivity index (χ1n) is 13.0. The molecule has 1 saturated heterocycles. The van der Waals surface area contributed by atoms with Crippen LogP contribution in [0.3, 0.4) is 0 Å². The molecule has 4 N–H and O–H groups in total. The SMILES string of the molecule is C=CC(N)S(=O)(=O)c1cccc(C(=O)Cn2c(=O)c3c(nc(N4CCCC(N)C4)n3CC=C(C)C)n(C)c2=O)c1. The van der Waals surface area contributed by atoms with Crippen LogP contribution < -0.4 is 27.6 Å². The van der Waals surface area contributed by atoms with E-state index in [9.17, 15) is 22.8 Å². The highest BCUT2D eigenvalue weighted by atomic mass is 32.2. The Balaban J connectivity index is 1.83. The smallest absolute Gasteiger partial charge is 0.332 e. The molecular formula is C27H35N7O5S. The van der Waals surface area contributed by atoms with Gasteiger partial charge in [-0.15, -0.1) is 6.58 Å². The quantitative estimate of drug-likeness (QED) is 0.281. The Bertz CT molecular complexity index is 1730. The summed E-state index contributed by atoms with van der Waals surface area (Å²) in [6, 6.07) is 5.30. The van der Waals surface area contributed by atoms with Crippen molar-refractivity contribution in [3.63, 3.8) is 0 Å². The number of allylic oxidation sites excluding steroid dienone is 2. The summed E-state index contributed by atoms with van der Waals surface area (Å²) in [6.45, 7) is 8.33. The second kappa shape index (κ2) is 11.4. The van der Waals surface area contributed by atoms with Crippen LogP contribution in [-0.4, -0.2) is 57.4 Å². The van der Waals surface area contributed by atoms with E-state index in [-0.39, 0.29) is 27.7 Å². The molecule has 1 fully saturated rings. The van der Waals surface area contributed by atoms with Crippen molar-refractivity contribution in [2.24, 2.45) is 18.5 Å². The Kier molecular flexibility index (Phi) is 8.28. The molecule has 1 aromatic carbocycles. The fourth-order valence-corrected chi connectivity index (χ4v) is 5.87. The number of imidazole rings is 1. The molecule has 1 aliphatic rings. The van der Waals surface area contributed by atoms with E-state index >= 15 is 0 Å². The van der Waals surface area contributed by atoms with Gasteiger partial charge in [-0.2, -0.15) is 4.98 Å². The van der Waals surface area contributed by atoms with Gasteiger partial charge < -0.3 is 20.9 Å². The Morgan fingerprint density at radius 3 is 2.62 bits per heavy atom. The summed E-state index contributed by atoms with van der Waals surface area (Å²) in [5.74, 6) is -0.0735. The third-order valence-electron chi connectivity index (χ3n) is 7.01. The monoisotopic (exact) mass is 569 g/mol. The molecule has 4 rings (SSSR count). The van der Waals surface area contributed by atoms with E-state index in [1.54, 1.807) is 4.57 Å². The summed E-state index contributed by atoms with van der Waals surface area (Å²) in [5, 5.41) is -1.35. The number of ketones is 1. The molecule has 0 aliphatic carbocycles. The lowest BCUT2D eigenvalue weighted by atomic mass is 10.1. The molecular weight excluding hydrogens is 534 g/mol. The van der Waals surface area contributed by atoms with Gasteiger partial charge in [-0.05, 0) is 38.8 Å². The number of aromatic nitrogens is 4. The molecule has 0 saturated carbocycles. The maximum Gasteiger partial charge on any atom is 0.332 e. The van der Waals surface area contributed by atoms with Crippen molar-refractivity contribution in [1.29, 1.82) is 0 Å². The summed E-state index contributed by atoms with van der Waals surface area (Å²) in [7, 11) is -2.46. The number of piperidine rings is 1. The third kappa shape index (κ3) is 5.44. The van der Waals surface area contributed by atoms with Crippen molar-refractivity contribution < 1.29 is 13.2 Å². The van der Waals surface area contributed by atoms with Crippen molar-refractivity contribution in [1.82, 2.24) is 18.7 Å². The van der Waals surface area contributed by atoms with E-state index in [1.165, 1.54) is 35.9 Å². The van der Waals surface area contributed by atoms with Gasteiger partial charge in [0, 0.05) is 38.3 Å². The summed E-state index contributed by atoms with van der Waals surface area (Å²) in [5.41, 5.74) is 12.0. The highest BCUT2D eigenvalue weighted by Crippen LogP contribution is 2.23. The van der Waals surface area contributed by atoms with Crippen LogP contribution >= 0.6 is 0 Å². The van der Waals surface area contributed by atoms with Crippen molar-refractivity contribution >= 4 is 32.7 Å². The molecule has 13 heteroatoms. The molecule has 2 atom stereocenters. The number of Topliss-reactive ketones (excluding diaryl/α,β-unsaturated/α-hetero) is 1. The highest BCUT2D eigenvalue weighted by Gasteiger charge is 2.27. The van der Waals surface area contributed by atoms with Crippen LogP contribution in [-0.2, 0) is 30.0 Å². The molecule has 3 aromatic rings. The van der Waals surface area contributed by atoms with Gasteiger partial charge in [0.05, 0.1) is 11.4 Å². The molecule has 12 nitrogen and oxygen atoms in total. The molecule has 214 valence electrons. The zero-order chi connectivity index (χ0) is 29.4. The van der Waals surface area contributed by atoms with Crippen LogP contribution in [0.1, 0.15) is 37.0 Å². The number of benzene rings is 1. The fourth-order valence-electron chi connectivity index (χ4n) is 4.74. The van der Waals surface area contributed by atoms with Crippen LogP contribution in [0.2, 0.25) is 0 Å². The Labute approximate surface area is 232 Å². The van der Waals surface area contributed by atoms with Gasteiger partial charge in [-0.25, -0.2) is 13.2 Å². The number of fused-ring (bicyclic) bond motifs is 1. The van der Waals surface area contributed by atoms with E-state index in [1.807, 2.05) is 24.8 Å². The molecule has 0 spiro atoms. The van der Waals surface area contributed by atoms with E-state index < -0.39 is 38.8 Å². The van der Waals surface area contributed by atoms with Crippen LogP contribution in [0.4, 0.5) is 5.95 Å². The zero-order valence-electron chi connectivity index (χ0n) is 22.9. The van der Waals surface area contributed by atoms with E-state index in [0.29, 0.717) is 25.6 Å². The normalized spacial score (nSPS) is 16.6. The Morgan fingerprint density at radius 2 is 1.98 bits per heavy atom. The summed E-state index contributed by atoms with van der Waals surface area (Å²) >= 11 is 0. The number of nitrogens with zero attached hydrogens (tertiary/aromatic N) is 5. The first-order chi connectivity index (χ1) is 18.9. The minimum atomic E-state index is -3.96. The number of sulfone groups is 1. The lowest BCUT2D eigenvalue weighted by Gasteiger charge is -2.31. The van der Waals surface area contributed by atoms with Gasteiger partial charge in [-0.3, -0.25) is 18.7 Å². The van der Waals surface area contributed by atoms with Crippen LogP contribution in [0.25, 0.3) is 11.2 Å². The molecule has 1 aliphatic heterocycles. The first-order valence-corrected chi connectivity index (χ1v) is 14.5. The maximum atomic E-state index is 13.8. The highest BCUT2D eigenvalue weighted by molar-refractivity contribution is 7.92. The molecule has 0 radical (unpaired) electrons. The fraction of sp³-hybridized carbons (Fsp3) is 0.407. The van der Waals surface area contributed by atoms with Crippen LogP contribution in [0.5, 0.6) is 0 Å².